The molecule has 0 amide bonds. The van der Waals surface area contributed by atoms with Crippen molar-refractivity contribution in [1.82, 2.24) is 19.8 Å². The van der Waals surface area contributed by atoms with E-state index in [-0.39, 0.29) is 0 Å². The third kappa shape index (κ3) is 3.56. The molecule has 0 aromatic carbocycles. The van der Waals surface area contributed by atoms with E-state index in [9.17, 15) is 0 Å². The fourth-order valence-corrected chi connectivity index (χ4v) is 4.04. The van der Waals surface area contributed by atoms with Gasteiger partial charge in [-0.05, 0) is 40.8 Å². The zero-order valence-electron chi connectivity index (χ0n) is 13.8. The summed E-state index contributed by atoms with van der Waals surface area (Å²) in [5.41, 5.74) is 1.16. The number of aryl methyl sites for hydroxylation is 3. The predicted octanol–water partition coefficient (Wildman–Crippen LogP) is 2.76. The molecule has 120 valence electrons. The number of oxazole rings is 1. The molecule has 1 aliphatic rings. The number of likely N-dealkylation sites (N-methyl/N-ethyl adjacent to an activating group) is 1. The Labute approximate surface area is 136 Å². The van der Waals surface area contributed by atoms with Gasteiger partial charge in [0.2, 0.25) is 5.89 Å². The largest absolute Gasteiger partial charge is 0.445 e. The lowest BCUT2D eigenvalue weighted by molar-refractivity contribution is 0.164. The maximum absolute atomic E-state index is 5.69. The second kappa shape index (κ2) is 6.48. The number of aromatic nitrogens is 2. The van der Waals surface area contributed by atoms with Gasteiger partial charge in [-0.2, -0.15) is 0 Å². The molecule has 2 aromatic rings. The fourth-order valence-electron chi connectivity index (χ4n) is 3.08. The second-order valence-corrected chi connectivity index (χ2v) is 7.50. The lowest BCUT2D eigenvalue weighted by Crippen LogP contribution is -2.36. The molecule has 6 heteroatoms. The molecule has 1 unspecified atom stereocenters. The van der Waals surface area contributed by atoms with Crippen LogP contribution in [0.4, 0.5) is 0 Å². The van der Waals surface area contributed by atoms with E-state index in [2.05, 4.69) is 40.7 Å². The zero-order valence-corrected chi connectivity index (χ0v) is 14.6. The molecule has 1 saturated heterocycles. The van der Waals surface area contributed by atoms with E-state index in [0.29, 0.717) is 6.04 Å². The SMILES string of the molecule is Cc1cnc(CN(Cc2sc(C)nc2C)C2CCN(C)C2)o1. The van der Waals surface area contributed by atoms with E-state index in [0.717, 1.165) is 48.5 Å². The number of rotatable bonds is 5. The smallest absolute Gasteiger partial charge is 0.208 e. The van der Waals surface area contributed by atoms with Crippen LogP contribution in [0.25, 0.3) is 0 Å². The predicted molar refractivity (Wildman–Crippen MR) is 88.0 cm³/mol. The Bertz CT molecular complexity index is 636. The summed E-state index contributed by atoms with van der Waals surface area (Å²) in [7, 11) is 2.19. The van der Waals surface area contributed by atoms with Gasteiger partial charge in [0.25, 0.3) is 0 Å². The van der Waals surface area contributed by atoms with E-state index in [1.165, 1.54) is 11.3 Å². The average Bonchev–Trinajstić information content (AvgIpc) is 3.12. The fraction of sp³-hybridized carbons (Fsp3) is 0.625. The minimum absolute atomic E-state index is 0.555. The van der Waals surface area contributed by atoms with Crippen molar-refractivity contribution in [1.29, 1.82) is 0 Å². The van der Waals surface area contributed by atoms with Gasteiger partial charge in [0, 0.05) is 24.0 Å². The third-order valence-corrected chi connectivity index (χ3v) is 5.29. The Morgan fingerprint density at radius 2 is 2.18 bits per heavy atom. The highest BCUT2D eigenvalue weighted by molar-refractivity contribution is 7.11. The van der Waals surface area contributed by atoms with Crippen LogP contribution >= 0.6 is 11.3 Å². The highest BCUT2D eigenvalue weighted by Gasteiger charge is 2.27. The molecule has 0 saturated carbocycles. The Morgan fingerprint density at radius 3 is 2.73 bits per heavy atom. The van der Waals surface area contributed by atoms with Crippen LogP contribution in [0.2, 0.25) is 0 Å². The zero-order chi connectivity index (χ0) is 15.7. The van der Waals surface area contributed by atoms with E-state index >= 15 is 0 Å². The topological polar surface area (TPSA) is 45.4 Å². The number of hydrogen-bond donors (Lipinski definition) is 0. The first-order valence-electron chi connectivity index (χ1n) is 7.78. The van der Waals surface area contributed by atoms with E-state index < -0.39 is 0 Å². The van der Waals surface area contributed by atoms with E-state index in [1.54, 1.807) is 17.5 Å². The molecule has 22 heavy (non-hydrogen) atoms. The highest BCUT2D eigenvalue weighted by Crippen LogP contribution is 2.24. The van der Waals surface area contributed by atoms with Crippen molar-refractivity contribution in [3.63, 3.8) is 0 Å². The third-order valence-electron chi connectivity index (χ3n) is 4.24. The first kappa shape index (κ1) is 15.6. The molecule has 1 atom stereocenters. The second-order valence-electron chi connectivity index (χ2n) is 6.22. The molecular weight excluding hydrogens is 296 g/mol. The minimum Gasteiger partial charge on any atom is -0.445 e. The van der Waals surface area contributed by atoms with Crippen LogP contribution in [0.3, 0.4) is 0 Å². The van der Waals surface area contributed by atoms with E-state index in [1.807, 2.05) is 6.92 Å². The summed E-state index contributed by atoms with van der Waals surface area (Å²) >= 11 is 1.80. The van der Waals surface area contributed by atoms with Gasteiger partial charge in [0.05, 0.1) is 23.4 Å². The summed E-state index contributed by atoms with van der Waals surface area (Å²) in [5.74, 6) is 1.69. The van der Waals surface area contributed by atoms with Crippen LogP contribution in [0.1, 0.15) is 33.7 Å². The molecule has 1 aliphatic heterocycles. The van der Waals surface area contributed by atoms with Crippen LogP contribution in [-0.4, -0.2) is 45.9 Å². The van der Waals surface area contributed by atoms with Gasteiger partial charge in [-0.1, -0.05) is 0 Å². The van der Waals surface area contributed by atoms with Crippen LogP contribution < -0.4 is 0 Å². The maximum Gasteiger partial charge on any atom is 0.208 e. The molecule has 0 aliphatic carbocycles. The summed E-state index contributed by atoms with van der Waals surface area (Å²) in [6.07, 6.45) is 3.00. The van der Waals surface area contributed by atoms with Crippen molar-refractivity contribution in [2.45, 2.75) is 46.3 Å². The Balaban J connectivity index is 1.77. The van der Waals surface area contributed by atoms with Gasteiger partial charge in [-0.25, -0.2) is 9.97 Å². The normalized spacial score (nSPS) is 19.4. The standard InChI is InChI=1S/C16H24N4OS/c1-11-7-17-16(21-11)10-20(14-5-6-19(4)8-14)9-15-12(2)18-13(3)22-15/h7,14H,5-6,8-10H2,1-4H3. The lowest BCUT2D eigenvalue weighted by Gasteiger charge is -2.27. The number of hydrogen-bond acceptors (Lipinski definition) is 6. The molecule has 5 nitrogen and oxygen atoms in total. The summed E-state index contributed by atoms with van der Waals surface area (Å²) in [4.78, 5) is 15.2. The van der Waals surface area contributed by atoms with Gasteiger partial charge < -0.3 is 9.32 Å². The molecule has 3 heterocycles. The molecule has 1 fully saturated rings. The van der Waals surface area contributed by atoms with E-state index in [4.69, 9.17) is 4.42 Å². The van der Waals surface area contributed by atoms with Crippen LogP contribution in [-0.2, 0) is 13.1 Å². The average molecular weight is 320 g/mol. The van der Waals surface area contributed by atoms with Crippen LogP contribution in [0.15, 0.2) is 10.6 Å². The number of nitrogens with zero attached hydrogens (tertiary/aromatic N) is 4. The van der Waals surface area contributed by atoms with Gasteiger partial charge in [0.15, 0.2) is 0 Å². The molecular formula is C16H24N4OS. The Kier molecular flexibility index (Phi) is 4.61. The van der Waals surface area contributed by atoms with Crippen molar-refractivity contribution in [3.05, 3.63) is 33.4 Å². The minimum atomic E-state index is 0.555. The van der Waals surface area contributed by atoms with Gasteiger partial charge in [0.1, 0.15) is 5.76 Å². The quantitative estimate of drug-likeness (QED) is 0.847. The molecule has 3 rings (SSSR count). The van der Waals surface area contributed by atoms with Gasteiger partial charge in [-0.15, -0.1) is 11.3 Å². The van der Waals surface area contributed by atoms with Crippen molar-refractivity contribution in [2.24, 2.45) is 0 Å². The van der Waals surface area contributed by atoms with Crippen molar-refractivity contribution in [2.75, 3.05) is 20.1 Å². The summed E-state index contributed by atoms with van der Waals surface area (Å²) < 4.78 is 5.69. The number of likely N-dealkylation sites (tertiary alicyclic amines) is 1. The van der Waals surface area contributed by atoms with Crippen LogP contribution in [0, 0.1) is 20.8 Å². The summed E-state index contributed by atoms with van der Waals surface area (Å²) in [6.45, 7) is 10.1. The van der Waals surface area contributed by atoms with Crippen molar-refractivity contribution in [3.8, 4) is 0 Å². The lowest BCUT2D eigenvalue weighted by atomic mass is 10.2. The first-order valence-corrected chi connectivity index (χ1v) is 8.59. The Morgan fingerprint density at radius 1 is 1.36 bits per heavy atom. The summed E-state index contributed by atoms with van der Waals surface area (Å²) in [6, 6.07) is 0.555. The highest BCUT2D eigenvalue weighted by atomic mass is 32.1. The first-order chi connectivity index (χ1) is 10.5. The monoisotopic (exact) mass is 320 g/mol. The van der Waals surface area contributed by atoms with Crippen LogP contribution in [0.5, 0.6) is 0 Å². The maximum atomic E-state index is 5.69. The number of thiazole rings is 1. The summed E-state index contributed by atoms with van der Waals surface area (Å²) in [5, 5.41) is 1.14. The molecule has 0 N–H and O–H groups in total. The molecule has 0 radical (unpaired) electrons. The van der Waals surface area contributed by atoms with Gasteiger partial charge >= 0.3 is 0 Å². The van der Waals surface area contributed by atoms with Crippen molar-refractivity contribution < 1.29 is 4.42 Å². The molecule has 0 bridgehead atoms. The molecule has 2 aromatic heterocycles. The van der Waals surface area contributed by atoms with Gasteiger partial charge in [-0.3, -0.25) is 4.90 Å². The van der Waals surface area contributed by atoms with Crippen molar-refractivity contribution >= 4 is 11.3 Å². The Hall–Kier alpha value is -1.24. The molecule has 0 spiro atoms.